The van der Waals surface area contributed by atoms with E-state index in [2.05, 4.69) is 20.4 Å². The van der Waals surface area contributed by atoms with Gasteiger partial charge in [-0.1, -0.05) is 13.0 Å². The topological polar surface area (TPSA) is 114 Å². The van der Waals surface area contributed by atoms with Gasteiger partial charge in [-0.25, -0.2) is 14.5 Å². The molecule has 5 aromatic rings. The molecule has 0 unspecified atom stereocenters. The van der Waals surface area contributed by atoms with E-state index in [9.17, 15) is 27.6 Å². The van der Waals surface area contributed by atoms with Crippen molar-refractivity contribution < 1.29 is 30.3 Å². The number of benzene rings is 1. The molecule has 1 saturated heterocycles. The van der Waals surface area contributed by atoms with Crippen LogP contribution in [0, 0.1) is 26.2 Å². The number of pyridine rings is 1. The third-order valence-corrected chi connectivity index (χ3v) is 9.05. The Morgan fingerprint density at radius 1 is 1.09 bits per heavy atom. The molecule has 0 bridgehead atoms. The van der Waals surface area contributed by atoms with E-state index in [0.717, 1.165) is 28.5 Å². The van der Waals surface area contributed by atoms with Crippen molar-refractivity contribution in [1.82, 2.24) is 29.0 Å². The number of nitrogens with one attached hydrogen (secondary N) is 1. The van der Waals surface area contributed by atoms with Crippen molar-refractivity contribution in [2.24, 2.45) is 5.41 Å². The standard InChI is InChI=1S/C34H32F3N7O3/c1-17-6-7-26(34(35,36)37)39-31(17)40-32(47)25-11-33(5)12-27(33)44(25)29(46)16-42-15-24(20(4)45)23-10-21(8-18(2)30(23)42)22-13-38-28-9-19(3)41-43(28)14-22/h6-10,13-15,25,27H,11-12,16H2,1-5H3,(H,39,40,47)/t25-,27+,33-/m0/s1/i12D2. The van der Waals surface area contributed by atoms with Gasteiger partial charge in [0.05, 0.1) is 11.2 Å². The number of amides is 2. The van der Waals surface area contributed by atoms with Crippen LogP contribution < -0.4 is 5.32 Å². The Bertz CT molecular complexity index is 2250. The summed E-state index contributed by atoms with van der Waals surface area (Å²) in [7, 11) is 0. The van der Waals surface area contributed by atoms with E-state index in [0.29, 0.717) is 27.7 Å². The zero-order chi connectivity index (χ0) is 35.4. The number of hydrogen-bond acceptors (Lipinski definition) is 6. The Morgan fingerprint density at radius 2 is 1.85 bits per heavy atom. The van der Waals surface area contributed by atoms with Gasteiger partial charge in [-0.15, -0.1) is 0 Å². The second kappa shape index (κ2) is 10.5. The van der Waals surface area contributed by atoms with Gasteiger partial charge in [0.2, 0.25) is 11.8 Å². The molecule has 1 saturated carbocycles. The van der Waals surface area contributed by atoms with Gasteiger partial charge in [-0.3, -0.25) is 14.4 Å². The summed E-state index contributed by atoms with van der Waals surface area (Å²) in [4.78, 5) is 49.9. The number of aromatic nitrogens is 5. The number of ketones is 1. The summed E-state index contributed by atoms with van der Waals surface area (Å²) in [6.45, 7) is 8.00. The maximum Gasteiger partial charge on any atom is 0.433 e. The number of Topliss-reactive ketones (excluding diaryl/α,β-unsaturated/α-hetero) is 1. The van der Waals surface area contributed by atoms with E-state index in [1.54, 1.807) is 28.4 Å². The second-order valence-electron chi connectivity index (χ2n) is 12.7. The number of carbonyl (C=O) groups excluding carboxylic acids is 3. The molecule has 1 N–H and O–H groups in total. The van der Waals surface area contributed by atoms with Crippen LogP contribution in [-0.2, 0) is 22.3 Å². The first-order valence-electron chi connectivity index (χ1n) is 16.0. The zero-order valence-corrected chi connectivity index (χ0v) is 26.2. The number of nitrogens with zero attached hydrogens (tertiary/aromatic N) is 6. The number of piperidine rings is 1. The fourth-order valence-corrected chi connectivity index (χ4v) is 6.65. The van der Waals surface area contributed by atoms with Crippen LogP contribution in [0.25, 0.3) is 27.7 Å². The number of likely N-dealkylation sites (tertiary alicyclic amines) is 1. The first-order chi connectivity index (χ1) is 22.9. The lowest BCUT2D eigenvalue weighted by molar-refractivity contribution is -0.141. The summed E-state index contributed by atoms with van der Waals surface area (Å²) in [6, 6.07) is 5.57. The van der Waals surface area contributed by atoms with Gasteiger partial charge in [0, 0.05) is 50.0 Å². The fourth-order valence-electron chi connectivity index (χ4n) is 6.65. The minimum Gasteiger partial charge on any atom is -0.337 e. The lowest BCUT2D eigenvalue weighted by Gasteiger charge is -2.27. The molecule has 1 aromatic carbocycles. The predicted octanol–water partition coefficient (Wildman–Crippen LogP) is 5.91. The number of alkyl halides is 3. The van der Waals surface area contributed by atoms with Crippen LogP contribution in [0.15, 0.2) is 48.9 Å². The molecule has 5 heterocycles. The van der Waals surface area contributed by atoms with Gasteiger partial charge >= 0.3 is 6.18 Å². The van der Waals surface area contributed by atoms with Crippen LogP contribution in [0.4, 0.5) is 19.0 Å². The number of hydrogen-bond donors (Lipinski definition) is 1. The molecule has 7 rings (SSSR count). The summed E-state index contributed by atoms with van der Waals surface area (Å²) < 4.78 is 60.5. The van der Waals surface area contributed by atoms with E-state index < -0.39 is 47.6 Å². The van der Waals surface area contributed by atoms with Crippen LogP contribution in [0.2, 0.25) is 0 Å². The Balaban J connectivity index is 1.22. The van der Waals surface area contributed by atoms with Crippen LogP contribution in [-0.4, -0.2) is 58.7 Å². The number of aryl methyl sites for hydroxylation is 3. The molecule has 1 aliphatic carbocycles. The summed E-state index contributed by atoms with van der Waals surface area (Å²) in [5, 5.41) is 7.51. The largest absolute Gasteiger partial charge is 0.433 e. The average molecular weight is 646 g/mol. The molecule has 47 heavy (non-hydrogen) atoms. The Morgan fingerprint density at radius 3 is 2.57 bits per heavy atom. The molecule has 3 atom stereocenters. The highest BCUT2D eigenvalue weighted by Crippen LogP contribution is 2.59. The molecule has 4 aromatic heterocycles. The molecule has 10 nitrogen and oxygen atoms in total. The molecule has 2 amide bonds. The SMILES string of the molecule is [2H]C1([2H])[C@H]2N(C(=O)Cn3cc(C(C)=O)c4cc(-c5cnc6cc(C)nn6c5)cc(C)c43)[C@H](C(=O)Nc3nc(C(F)(F)F)ccc3C)C[C@]21C. The van der Waals surface area contributed by atoms with Crippen LogP contribution in [0.5, 0.6) is 0 Å². The number of anilines is 1. The molecule has 2 fully saturated rings. The highest BCUT2D eigenvalue weighted by Gasteiger charge is 2.64. The molecule has 1 aliphatic heterocycles. The third-order valence-electron chi connectivity index (χ3n) is 9.05. The fraction of sp³-hybridized carbons (Fsp3) is 0.353. The minimum atomic E-state index is -4.73. The van der Waals surface area contributed by atoms with Gasteiger partial charge in [0.25, 0.3) is 0 Å². The van der Waals surface area contributed by atoms with Crippen molar-refractivity contribution >= 4 is 40.0 Å². The van der Waals surface area contributed by atoms with Crippen LogP contribution in [0.3, 0.4) is 0 Å². The van der Waals surface area contributed by atoms with Crippen molar-refractivity contribution in [3.8, 4) is 11.1 Å². The molecule has 2 aliphatic rings. The van der Waals surface area contributed by atoms with E-state index in [1.807, 2.05) is 38.2 Å². The molecule has 13 heteroatoms. The number of fused-ring (bicyclic) bond motifs is 3. The van der Waals surface area contributed by atoms with Crippen molar-refractivity contribution in [2.45, 2.75) is 72.2 Å². The third kappa shape index (κ3) is 5.23. The normalized spacial score (nSPS) is 22.3. The Kier molecular flexibility index (Phi) is 6.28. The second-order valence-corrected chi connectivity index (χ2v) is 12.7. The summed E-state index contributed by atoms with van der Waals surface area (Å²) in [5.74, 6) is -1.83. The number of carbonyl (C=O) groups is 3. The van der Waals surface area contributed by atoms with Gasteiger partial charge in [-0.05, 0) is 80.8 Å². The summed E-state index contributed by atoms with van der Waals surface area (Å²) in [6.07, 6.45) is -1.38. The highest BCUT2D eigenvalue weighted by atomic mass is 19.4. The summed E-state index contributed by atoms with van der Waals surface area (Å²) in [5.41, 5.74) is 2.92. The maximum atomic E-state index is 14.1. The maximum absolute atomic E-state index is 14.1. The van der Waals surface area contributed by atoms with E-state index in [4.69, 9.17) is 2.74 Å². The molecular weight excluding hydrogens is 611 g/mol. The monoisotopic (exact) mass is 645 g/mol. The van der Waals surface area contributed by atoms with Crippen molar-refractivity contribution in [2.75, 3.05) is 5.32 Å². The minimum absolute atomic E-state index is 0.0259. The van der Waals surface area contributed by atoms with Crippen molar-refractivity contribution in [3.05, 3.63) is 77.0 Å². The first-order valence-corrected chi connectivity index (χ1v) is 15.0. The van der Waals surface area contributed by atoms with Gasteiger partial charge in [-0.2, -0.15) is 18.3 Å². The van der Waals surface area contributed by atoms with E-state index >= 15 is 0 Å². The highest BCUT2D eigenvalue weighted by molar-refractivity contribution is 6.09. The molecule has 242 valence electrons. The molecule has 0 radical (unpaired) electrons. The van der Waals surface area contributed by atoms with Crippen LogP contribution in [0.1, 0.15) is 62.3 Å². The quantitative estimate of drug-likeness (QED) is 0.230. The lowest BCUT2D eigenvalue weighted by atomic mass is 10.0. The smallest absolute Gasteiger partial charge is 0.337 e. The van der Waals surface area contributed by atoms with Crippen LogP contribution >= 0.6 is 0 Å². The van der Waals surface area contributed by atoms with E-state index in [1.165, 1.54) is 24.8 Å². The van der Waals surface area contributed by atoms with Crippen molar-refractivity contribution in [1.29, 1.82) is 0 Å². The number of rotatable bonds is 6. The zero-order valence-electron chi connectivity index (χ0n) is 28.2. The Hall–Kier alpha value is -5.07. The average Bonchev–Trinajstić information content (AvgIpc) is 3.49. The first kappa shape index (κ1) is 28.2. The lowest BCUT2D eigenvalue weighted by Crippen LogP contribution is -2.46. The Labute approximate surface area is 270 Å². The predicted molar refractivity (Wildman–Crippen MR) is 168 cm³/mol. The summed E-state index contributed by atoms with van der Waals surface area (Å²) >= 11 is 0. The molecule has 0 spiro atoms. The van der Waals surface area contributed by atoms with Crippen molar-refractivity contribution in [3.63, 3.8) is 0 Å². The molecular formula is C34H32F3N7O3. The number of halogens is 3. The van der Waals surface area contributed by atoms with Gasteiger partial charge in [0.1, 0.15) is 24.1 Å². The van der Waals surface area contributed by atoms with Gasteiger partial charge < -0.3 is 14.8 Å². The van der Waals surface area contributed by atoms with Gasteiger partial charge in [0.15, 0.2) is 11.4 Å². The van der Waals surface area contributed by atoms with E-state index in [-0.39, 0.29) is 24.6 Å².